The van der Waals surface area contributed by atoms with E-state index in [1.54, 1.807) is 0 Å². The molecule has 0 atom stereocenters. The lowest BCUT2D eigenvalue weighted by molar-refractivity contribution is -0.118. The van der Waals surface area contributed by atoms with Gasteiger partial charge in [-0.25, -0.2) is 0 Å². The number of rotatable bonds is 7. The zero-order valence-electron chi connectivity index (χ0n) is 18.5. The van der Waals surface area contributed by atoms with Gasteiger partial charge < -0.3 is 15.1 Å². The van der Waals surface area contributed by atoms with Crippen LogP contribution in [0.1, 0.15) is 54.9 Å². The van der Waals surface area contributed by atoms with Crippen LogP contribution in [0.5, 0.6) is 0 Å². The predicted molar refractivity (Wildman–Crippen MR) is 125 cm³/mol. The van der Waals surface area contributed by atoms with E-state index in [0.717, 1.165) is 49.3 Å². The van der Waals surface area contributed by atoms with Gasteiger partial charge in [-0.15, -0.1) is 0 Å². The minimum absolute atomic E-state index is 0.00660. The Kier molecular flexibility index (Phi) is 7.03. The van der Waals surface area contributed by atoms with Gasteiger partial charge in [0.2, 0.25) is 5.91 Å². The van der Waals surface area contributed by atoms with Crippen molar-refractivity contribution in [2.24, 2.45) is 0 Å². The molecule has 2 aliphatic heterocycles. The van der Waals surface area contributed by atoms with Gasteiger partial charge >= 0.3 is 0 Å². The van der Waals surface area contributed by atoms with Crippen LogP contribution in [0.25, 0.3) is 11.1 Å². The number of fused-ring (bicyclic) bond motifs is 1. The molecule has 0 radical (unpaired) electrons. The van der Waals surface area contributed by atoms with Crippen LogP contribution in [-0.4, -0.2) is 49.4 Å². The number of carbonyl (C=O) groups is 2. The van der Waals surface area contributed by atoms with Gasteiger partial charge in [-0.05, 0) is 86.3 Å². The lowest BCUT2D eigenvalue weighted by atomic mass is 10.0. The van der Waals surface area contributed by atoms with Gasteiger partial charge in [-0.1, -0.05) is 31.5 Å². The maximum absolute atomic E-state index is 12.5. The fourth-order valence-corrected chi connectivity index (χ4v) is 4.63. The summed E-state index contributed by atoms with van der Waals surface area (Å²) in [6.07, 6.45) is 6.38. The first-order chi connectivity index (χ1) is 15.2. The lowest BCUT2D eigenvalue weighted by Crippen LogP contribution is -2.33. The highest BCUT2D eigenvalue weighted by atomic mass is 16.2. The summed E-state index contributed by atoms with van der Waals surface area (Å²) in [5, 5.41) is 3.05. The van der Waals surface area contributed by atoms with Gasteiger partial charge in [0.05, 0.1) is 0 Å². The number of hydrogen-bond acceptors (Lipinski definition) is 3. The Balaban J connectivity index is 1.32. The Morgan fingerprint density at radius 3 is 2.42 bits per heavy atom. The van der Waals surface area contributed by atoms with Gasteiger partial charge in [0, 0.05) is 30.8 Å². The topological polar surface area (TPSA) is 52.7 Å². The van der Waals surface area contributed by atoms with Crippen molar-refractivity contribution in [3.05, 3.63) is 53.6 Å². The molecule has 164 valence electrons. The van der Waals surface area contributed by atoms with E-state index >= 15 is 0 Å². The molecule has 4 rings (SSSR count). The number of nitrogens with zero attached hydrogens (tertiary/aromatic N) is 2. The molecule has 0 spiro atoms. The van der Waals surface area contributed by atoms with Crippen LogP contribution in [0.2, 0.25) is 0 Å². The van der Waals surface area contributed by atoms with Crippen molar-refractivity contribution in [2.45, 2.75) is 45.4 Å². The van der Waals surface area contributed by atoms with E-state index in [1.807, 2.05) is 42.2 Å². The molecule has 1 fully saturated rings. The third-order valence-corrected chi connectivity index (χ3v) is 6.44. The Labute approximate surface area is 185 Å². The number of hydrogen-bond donors (Lipinski definition) is 1. The zero-order chi connectivity index (χ0) is 21.6. The average molecular weight is 420 g/mol. The Bertz CT molecular complexity index is 917. The minimum Gasteiger partial charge on any atom is -0.352 e. The van der Waals surface area contributed by atoms with E-state index in [0.29, 0.717) is 12.0 Å². The summed E-state index contributed by atoms with van der Waals surface area (Å²) in [5.74, 6) is 0.172. The smallest absolute Gasteiger partial charge is 0.251 e. The molecule has 0 unspecified atom stereocenters. The maximum atomic E-state index is 12.5. The maximum Gasteiger partial charge on any atom is 0.251 e. The Morgan fingerprint density at radius 2 is 1.68 bits per heavy atom. The summed E-state index contributed by atoms with van der Waals surface area (Å²) in [7, 11) is 0. The highest BCUT2D eigenvalue weighted by Crippen LogP contribution is 2.32. The molecule has 1 N–H and O–H groups in total. The molecule has 5 nitrogen and oxygen atoms in total. The van der Waals surface area contributed by atoms with Crippen LogP contribution in [0.4, 0.5) is 5.69 Å². The number of carbonyl (C=O) groups excluding carboxylic acids is 2. The molecule has 5 heteroatoms. The van der Waals surface area contributed by atoms with Crippen molar-refractivity contribution in [1.29, 1.82) is 0 Å². The molecule has 2 heterocycles. The summed E-state index contributed by atoms with van der Waals surface area (Å²) >= 11 is 0. The molecule has 0 saturated carbocycles. The third kappa shape index (κ3) is 5.16. The number of nitrogens with one attached hydrogen (secondary N) is 1. The Morgan fingerprint density at radius 1 is 0.935 bits per heavy atom. The molecular formula is C26H33N3O2. The van der Waals surface area contributed by atoms with E-state index in [4.69, 9.17) is 0 Å². The first-order valence-electron chi connectivity index (χ1n) is 11.7. The van der Waals surface area contributed by atoms with Crippen molar-refractivity contribution in [3.8, 4) is 11.1 Å². The second-order valence-electron chi connectivity index (χ2n) is 8.58. The quantitative estimate of drug-likeness (QED) is 0.683. The van der Waals surface area contributed by atoms with Crippen molar-refractivity contribution < 1.29 is 9.59 Å². The highest BCUT2D eigenvalue weighted by molar-refractivity contribution is 5.96. The number of benzene rings is 2. The predicted octanol–water partition coefficient (Wildman–Crippen LogP) is 4.26. The first-order valence-corrected chi connectivity index (χ1v) is 11.7. The highest BCUT2D eigenvalue weighted by Gasteiger charge is 2.23. The summed E-state index contributed by atoms with van der Waals surface area (Å²) in [4.78, 5) is 28.9. The van der Waals surface area contributed by atoms with Crippen LogP contribution >= 0.6 is 0 Å². The second kappa shape index (κ2) is 10.1. The van der Waals surface area contributed by atoms with Crippen molar-refractivity contribution in [2.75, 3.05) is 37.6 Å². The van der Waals surface area contributed by atoms with E-state index in [1.165, 1.54) is 37.9 Å². The Hall–Kier alpha value is -2.66. The van der Waals surface area contributed by atoms with Crippen LogP contribution in [-0.2, 0) is 11.2 Å². The molecule has 31 heavy (non-hydrogen) atoms. The molecule has 2 amide bonds. The number of piperidine rings is 1. The van der Waals surface area contributed by atoms with E-state index in [9.17, 15) is 9.59 Å². The van der Waals surface area contributed by atoms with Crippen molar-refractivity contribution in [3.63, 3.8) is 0 Å². The van der Waals surface area contributed by atoms with E-state index < -0.39 is 0 Å². The minimum atomic E-state index is -0.00660. The summed E-state index contributed by atoms with van der Waals surface area (Å²) in [6.45, 7) is 6.85. The number of anilines is 1. The summed E-state index contributed by atoms with van der Waals surface area (Å²) in [6, 6.07) is 14.1. The first kappa shape index (κ1) is 21.6. The fourth-order valence-electron chi connectivity index (χ4n) is 4.63. The van der Waals surface area contributed by atoms with Crippen molar-refractivity contribution >= 4 is 17.5 Å². The number of amides is 2. The fraction of sp³-hybridized carbons (Fsp3) is 0.462. The molecule has 1 saturated heterocycles. The van der Waals surface area contributed by atoms with Gasteiger partial charge in [0.1, 0.15) is 0 Å². The summed E-state index contributed by atoms with van der Waals surface area (Å²) < 4.78 is 0. The molecule has 0 aromatic heterocycles. The third-order valence-electron chi connectivity index (χ3n) is 6.44. The van der Waals surface area contributed by atoms with Gasteiger partial charge in [-0.2, -0.15) is 0 Å². The largest absolute Gasteiger partial charge is 0.352 e. The molecule has 2 aromatic carbocycles. The van der Waals surface area contributed by atoms with E-state index in [-0.39, 0.29) is 11.8 Å². The van der Waals surface area contributed by atoms with Gasteiger partial charge in [-0.3, -0.25) is 9.59 Å². The van der Waals surface area contributed by atoms with E-state index in [2.05, 4.69) is 22.3 Å². The SMILES string of the molecule is CCC(=O)N1CCc2cc(-c3ccc(C(=O)NCCCN4CCCCC4)cc3)ccc21. The number of likely N-dealkylation sites (tertiary alicyclic amines) is 1. The van der Waals surface area contributed by atoms with Gasteiger partial charge in [0.15, 0.2) is 0 Å². The van der Waals surface area contributed by atoms with Gasteiger partial charge in [0.25, 0.3) is 5.91 Å². The van der Waals surface area contributed by atoms with Crippen LogP contribution in [0.3, 0.4) is 0 Å². The molecular weight excluding hydrogens is 386 g/mol. The second-order valence-corrected chi connectivity index (χ2v) is 8.58. The van der Waals surface area contributed by atoms with Crippen LogP contribution in [0, 0.1) is 0 Å². The molecule has 2 aromatic rings. The average Bonchev–Trinajstić information content (AvgIpc) is 3.25. The van der Waals surface area contributed by atoms with Crippen molar-refractivity contribution in [1.82, 2.24) is 10.2 Å². The molecule has 2 aliphatic rings. The van der Waals surface area contributed by atoms with Crippen LogP contribution < -0.4 is 10.2 Å². The molecule has 0 bridgehead atoms. The monoisotopic (exact) mass is 419 g/mol. The normalized spacial score (nSPS) is 16.2. The molecule has 0 aliphatic carbocycles. The summed E-state index contributed by atoms with van der Waals surface area (Å²) in [5.41, 5.74) is 5.16. The van der Waals surface area contributed by atoms with Crippen LogP contribution in [0.15, 0.2) is 42.5 Å². The standard InChI is InChI=1S/C26H33N3O2/c1-2-25(30)29-18-13-23-19-22(11-12-24(23)29)20-7-9-21(10-8-20)26(31)27-14-6-17-28-15-4-3-5-16-28/h7-12,19H,2-6,13-18H2,1H3,(H,27,31). The lowest BCUT2D eigenvalue weighted by Gasteiger charge is -2.26. The zero-order valence-corrected chi connectivity index (χ0v) is 18.5.